The summed E-state index contributed by atoms with van der Waals surface area (Å²) in [6.07, 6.45) is 0.494. The van der Waals surface area contributed by atoms with E-state index in [-0.39, 0.29) is 12.5 Å². The zero-order valence-corrected chi connectivity index (χ0v) is 12.8. The summed E-state index contributed by atoms with van der Waals surface area (Å²) in [4.78, 5) is 11.8. The molecule has 0 aliphatic carbocycles. The van der Waals surface area contributed by atoms with Crippen LogP contribution in [-0.4, -0.2) is 29.8 Å². The Morgan fingerprint density at radius 3 is 2.63 bits per heavy atom. The maximum absolute atomic E-state index is 11.8. The van der Waals surface area contributed by atoms with Crippen molar-refractivity contribution in [2.24, 2.45) is 0 Å². The maximum atomic E-state index is 11.8. The number of ether oxygens (including phenoxy) is 1. The van der Waals surface area contributed by atoms with Crippen LogP contribution in [0.5, 0.6) is 5.75 Å². The van der Waals surface area contributed by atoms with Gasteiger partial charge in [0.05, 0.1) is 6.10 Å². The van der Waals surface area contributed by atoms with Crippen LogP contribution in [-0.2, 0) is 4.79 Å². The summed E-state index contributed by atoms with van der Waals surface area (Å²) in [5.74, 6) is 0.415. The van der Waals surface area contributed by atoms with E-state index in [4.69, 9.17) is 4.74 Å². The van der Waals surface area contributed by atoms with Gasteiger partial charge in [0.25, 0.3) is 5.91 Å². The van der Waals surface area contributed by atoms with Gasteiger partial charge >= 0.3 is 0 Å². The third-order valence-corrected chi connectivity index (χ3v) is 3.16. The minimum atomic E-state index is -0.588. The van der Waals surface area contributed by atoms with Gasteiger partial charge in [0.15, 0.2) is 6.10 Å². The number of halogens is 1. The lowest BCUT2D eigenvalue weighted by Gasteiger charge is -2.16. The minimum absolute atomic E-state index is 0.224. The number of nitrogens with one attached hydrogen (secondary N) is 1. The van der Waals surface area contributed by atoms with Crippen molar-refractivity contribution in [3.05, 3.63) is 28.7 Å². The van der Waals surface area contributed by atoms with E-state index in [1.165, 1.54) is 0 Å². The summed E-state index contributed by atoms with van der Waals surface area (Å²) in [5.41, 5.74) is 0. The molecule has 0 radical (unpaired) electrons. The summed E-state index contributed by atoms with van der Waals surface area (Å²) < 4.78 is 6.47. The number of aliphatic hydroxyl groups is 1. The largest absolute Gasteiger partial charge is 0.481 e. The van der Waals surface area contributed by atoms with Gasteiger partial charge in [-0.15, -0.1) is 0 Å². The summed E-state index contributed by atoms with van der Waals surface area (Å²) in [6.45, 7) is 3.94. The Labute approximate surface area is 122 Å². The van der Waals surface area contributed by atoms with Gasteiger partial charge in [-0.25, -0.2) is 0 Å². The molecule has 0 saturated carbocycles. The van der Waals surface area contributed by atoms with E-state index < -0.39 is 12.2 Å². The van der Waals surface area contributed by atoms with Crippen LogP contribution in [0, 0.1) is 0 Å². The average Bonchev–Trinajstić information content (AvgIpc) is 2.39. The smallest absolute Gasteiger partial charge is 0.260 e. The molecule has 0 saturated heterocycles. The van der Waals surface area contributed by atoms with Gasteiger partial charge in [0, 0.05) is 11.0 Å². The van der Waals surface area contributed by atoms with Crippen molar-refractivity contribution in [1.29, 1.82) is 0 Å². The molecule has 2 unspecified atom stereocenters. The van der Waals surface area contributed by atoms with Crippen molar-refractivity contribution in [2.45, 2.75) is 38.9 Å². The first-order chi connectivity index (χ1) is 9.02. The highest BCUT2D eigenvalue weighted by Gasteiger charge is 2.15. The van der Waals surface area contributed by atoms with Crippen LogP contribution in [0.25, 0.3) is 0 Å². The first kappa shape index (κ1) is 16.0. The van der Waals surface area contributed by atoms with Crippen molar-refractivity contribution in [2.75, 3.05) is 6.54 Å². The standard InChI is InChI=1S/C14H20BrNO3/c1-3-4-12(17)9-16-14(18)10(2)19-13-7-5-11(15)6-8-13/h5-8,10,12,17H,3-4,9H2,1-2H3,(H,16,18). The molecule has 106 valence electrons. The Kier molecular flexibility index (Phi) is 6.87. The normalized spacial score (nSPS) is 13.7. The van der Waals surface area contributed by atoms with Crippen LogP contribution in [0.4, 0.5) is 0 Å². The van der Waals surface area contributed by atoms with Crippen LogP contribution in [0.1, 0.15) is 26.7 Å². The highest BCUT2D eigenvalue weighted by molar-refractivity contribution is 9.10. The second-order valence-corrected chi connectivity index (χ2v) is 5.32. The van der Waals surface area contributed by atoms with Gasteiger partial charge < -0.3 is 15.2 Å². The molecule has 0 fully saturated rings. The predicted octanol–water partition coefficient (Wildman–Crippen LogP) is 2.49. The number of rotatable bonds is 7. The molecule has 1 amide bonds. The minimum Gasteiger partial charge on any atom is -0.481 e. The number of amides is 1. The Morgan fingerprint density at radius 1 is 1.42 bits per heavy atom. The monoisotopic (exact) mass is 329 g/mol. The molecule has 0 bridgehead atoms. The SMILES string of the molecule is CCCC(O)CNC(=O)C(C)Oc1ccc(Br)cc1. The molecule has 1 aromatic carbocycles. The van der Waals surface area contributed by atoms with E-state index in [1.807, 2.05) is 19.1 Å². The lowest BCUT2D eigenvalue weighted by Crippen LogP contribution is -2.40. The highest BCUT2D eigenvalue weighted by Crippen LogP contribution is 2.17. The van der Waals surface area contributed by atoms with Gasteiger partial charge in [0.2, 0.25) is 0 Å². The second-order valence-electron chi connectivity index (χ2n) is 4.40. The first-order valence-corrected chi connectivity index (χ1v) is 7.20. The number of carbonyl (C=O) groups excluding carboxylic acids is 1. The molecule has 4 nitrogen and oxygen atoms in total. The molecule has 1 rings (SSSR count). The fourth-order valence-electron chi connectivity index (χ4n) is 1.57. The van der Waals surface area contributed by atoms with E-state index >= 15 is 0 Å². The molecule has 0 heterocycles. The molecular weight excluding hydrogens is 310 g/mol. The molecule has 2 atom stereocenters. The summed E-state index contributed by atoms with van der Waals surface area (Å²) in [5, 5.41) is 12.2. The molecular formula is C14H20BrNO3. The molecule has 19 heavy (non-hydrogen) atoms. The highest BCUT2D eigenvalue weighted by atomic mass is 79.9. The second kappa shape index (κ2) is 8.17. The first-order valence-electron chi connectivity index (χ1n) is 6.41. The van der Waals surface area contributed by atoms with Crippen molar-refractivity contribution >= 4 is 21.8 Å². The molecule has 0 aliphatic rings. The number of aliphatic hydroxyl groups excluding tert-OH is 1. The Bertz CT molecular complexity index is 394. The van der Waals surface area contributed by atoms with Crippen LogP contribution in [0.2, 0.25) is 0 Å². The van der Waals surface area contributed by atoms with Gasteiger partial charge in [-0.05, 0) is 37.6 Å². The van der Waals surface area contributed by atoms with Crippen molar-refractivity contribution in [1.82, 2.24) is 5.32 Å². The summed E-state index contributed by atoms with van der Waals surface area (Å²) in [6, 6.07) is 7.29. The maximum Gasteiger partial charge on any atom is 0.260 e. The fraction of sp³-hybridized carbons (Fsp3) is 0.500. The zero-order valence-electron chi connectivity index (χ0n) is 11.2. The van der Waals surface area contributed by atoms with Crippen LogP contribution in [0.3, 0.4) is 0 Å². The topological polar surface area (TPSA) is 58.6 Å². The van der Waals surface area contributed by atoms with E-state index in [1.54, 1.807) is 19.1 Å². The average molecular weight is 330 g/mol. The Hall–Kier alpha value is -1.07. The van der Waals surface area contributed by atoms with E-state index in [9.17, 15) is 9.90 Å². The van der Waals surface area contributed by atoms with E-state index in [0.717, 1.165) is 10.9 Å². The molecule has 2 N–H and O–H groups in total. The quantitative estimate of drug-likeness (QED) is 0.808. The van der Waals surface area contributed by atoms with Gasteiger partial charge in [-0.3, -0.25) is 4.79 Å². The number of carbonyl (C=O) groups is 1. The van der Waals surface area contributed by atoms with Crippen LogP contribution in [0.15, 0.2) is 28.7 Å². The van der Waals surface area contributed by atoms with Crippen LogP contribution < -0.4 is 10.1 Å². The predicted molar refractivity (Wildman–Crippen MR) is 78.2 cm³/mol. The number of hydrogen-bond acceptors (Lipinski definition) is 3. The summed E-state index contributed by atoms with van der Waals surface area (Å²) in [7, 11) is 0. The molecule has 0 spiro atoms. The summed E-state index contributed by atoms with van der Waals surface area (Å²) >= 11 is 3.33. The third-order valence-electron chi connectivity index (χ3n) is 2.63. The van der Waals surface area contributed by atoms with Gasteiger partial charge in [0.1, 0.15) is 5.75 Å². The van der Waals surface area contributed by atoms with Gasteiger partial charge in [-0.2, -0.15) is 0 Å². The van der Waals surface area contributed by atoms with Crippen molar-refractivity contribution < 1.29 is 14.6 Å². The number of hydrogen-bond donors (Lipinski definition) is 2. The van der Waals surface area contributed by atoms with Crippen molar-refractivity contribution in [3.8, 4) is 5.75 Å². The number of benzene rings is 1. The van der Waals surface area contributed by atoms with Crippen molar-refractivity contribution in [3.63, 3.8) is 0 Å². The van der Waals surface area contributed by atoms with E-state index in [0.29, 0.717) is 12.2 Å². The fourth-order valence-corrected chi connectivity index (χ4v) is 1.83. The zero-order chi connectivity index (χ0) is 14.3. The lowest BCUT2D eigenvalue weighted by molar-refractivity contribution is -0.127. The van der Waals surface area contributed by atoms with Crippen LogP contribution >= 0.6 is 15.9 Å². The lowest BCUT2D eigenvalue weighted by atomic mass is 10.2. The van der Waals surface area contributed by atoms with Gasteiger partial charge in [-0.1, -0.05) is 29.3 Å². The Morgan fingerprint density at radius 2 is 2.05 bits per heavy atom. The van der Waals surface area contributed by atoms with E-state index in [2.05, 4.69) is 21.2 Å². The molecule has 5 heteroatoms. The molecule has 0 aromatic heterocycles. The third kappa shape index (κ3) is 6.07. The molecule has 1 aromatic rings. The Balaban J connectivity index is 2.38. The molecule has 0 aliphatic heterocycles.